The lowest BCUT2D eigenvalue weighted by atomic mass is 9.97. The lowest BCUT2D eigenvalue weighted by Crippen LogP contribution is -2.56. The molecule has 29 heavy (non-hydrogen) atoms. The standard InChI is InChI=1S/C21H27FN6O/c1-14-6-2-3-8-16(14)26-17-9-5-11-28(21(17)29)15-7-4-10-27(12-15)20-18(22)19(23)24-13-25-20/h2-3,6,8,13,15,17,26H,4-5,7,9-12H2,1H3,(H2,23,24,25)/t15-,17?/m1/s1. The molecule has 1 unspecified atom stereocenters. The predicted octanol–water partition coefficient (Wildman–Crippen LogP) is 2.58. The Morgan fingerprint density at radius 1 is 1.17 bits per heavy atom. The lowest BCUT2D eigenvalue weighted by molar-refractivity contribution is -0.137. The molecule has 2 atom stereocenters. The number of nitrogens with one attached hydrogen (secondary N) is 1. The van der Waals surface area contributed by atoms with Crippen LogP contribution < -0.4 is 16.0 Å². The van der Waals surface area contributed by atoms with Crippen LogP contribution in [0.25, 0.3) is 0 Å². The number of piperidine rings is 2. The van der Waals surface area contributed by atoms with Gasteiger partial charge in [0.15, 0.2) is 11.6 Å². The van der Waals surface area contributed by atoms with Gasteiger partial charge in [-0.15, -0.1) is 0 Å². The van der Waals surface area contributed by atoms with Crippen LogP contribution in [0.15, 0.2) is 30.6 Å². The highest BCUT2D eigenvalue weighted by molar-refractivity contribution is 5.86. The van der Waals surface area contributed by atoms with E-state index in [1.807, 2.05) is 41.0 Å². The van der Waals surface area contributed by atoms with Crippen molar-refractivity contribution in [1.82, 2.24) is 14.9 Å². The second kappa shape index (κ2) is 8.23. The molecule has 0 bridgehead atoms. The van der Waals surface area contributed by atoms with E-state index in [0.717, 1.165) is 43.5 Å². The maximum absolute atomic E-state index is 14.4. The summed E-state index contributed by atoms with van der Waals surface area (Å²) in [5.74, 6) is -0.388. The molecule has 0 spiro atoms. The molecule has 1 amide bonds. The van der Waals surface area contributed by atoms with Crippen molar-refractivity contribution in [2.75, 3.05) is 35.6 Å². The first-order valence-corrected chi connectivity index (χ1v) is 10.2. The van der Waals surface area contributed by atoms with E-state index in [4.69, 9.17) is 5.73 Å². The highest BCUT2D eigenvalue weighted by atomic mass is 19.1. The van der Waals surface area contributed by atoms with Gasteiger partial charge < -0.3 is 20.9 Å². The molecule has 3 heterocycles. The molecule has 2 saturated heterocycles. The van der Waals surface area contributed by atoms with Gasteiger partial charge in [-0.1, -0.05) is 18.2 Å². The van der Waals surface area contributed by atoms with Crippen LogP contribution >= 0.6 is 0 Å². The maximum atomic E-state index is 14.4. The molecule has 1 aromatic carbocycles. The summed E-state index contributed by atoms with van der Waals surface area (Å²) in [5, 5.41) is 3.43. The van der Waals surface area contributed by atoms with Gasteiger partial charge in [-0.25, -0.2) is 9.97 Å². The van der Waals surface area contributed by atoms with Gasteiger partial charge in [0, 0.05) is 31.4 Å². The molecular formula is C21H27FN6O. The van der Waals surface area contributed by atoms with Gasteiger partial charge in [-0.3, -0.25) is 4.79 Å². The number of nitrogens with two attached hydrogens (primary N) is 1. The largest absolute Gasteiger partial charge is 0.381 e. The summed E-state index contributed by atoms with van der Waals surface area (Å²) < 4.78 is 14.4. The minimum atomic E-state index is -0.586. The van der Waals surface area contributed by atoms with Crippen molar-refractivity contribution in [3.05, 3.63) is 42.0 Å². The number of benzene rings is 1. The number of para-hydroxylation sites is 1. The zero-order valence-electron chi connectivity index (χ0n) is 16.6. The molecule has 1 aromatic heterocycles. The van der Waals surface area contributed by atoms with E-state index in [2.05, 4.69) is 15.3 Å². The van der Waals surface area contributed by atoms with Crippen LogP contribution in [-0.4, -0.2) is 52.5 Å². The molecule has 2 aromatic rings. The second-order valence-electron chi connectivity index (χ2n) is 7.82. The van der Waals surface area contributed by atoms with E-state index in [9.17, 15) is 9.18 Å². The molecular weight excluding hydrogens is 371 g/mol. The van der Waals surface area contributed by atoms with Crippen molar-refractivity contribution in [2.24, 2.45) is 0 Å². The zero-order chi connectivity index (χ0) is 20.4. The predicted molar refractivity (Wildman–Crippen MR) is 111 cm³/mol. The first-order chi connectivity index (χ1) is 14.0. The number of likely N-dealkylation sites (tertiary alicyclic amines) is 1. The number of halogens is 1. The Morgan fingerprint density at radius 3 is 2.79 bits per heavy atom. The van der Waals surface area contributed by atoms with Gasteiger partial charge in [-0.2, -0.15) is 4.39 Å². The number of hydrogen-bond acceptors (Lipinski definition) is 6. The molecule has 0 aliphatic carbocycles. The quantitative estimate of drug-likeness (QED) is 0.823. The molecule has 0 saturated carbocycles. The normalized spacial score (nSPS) is 22.6. The Labute approximate surface area is 170 Å². The highest BCUT2D eigenvalue weighted by Crippen LogP contribution is 2.28. The van der Waals surface area contributed by atoms with Gasteiger partial charge in [0.1, 0.15) is 12.4 Å². The summed E-state index contributed by atoms with van der Waals surface area (Å²) in [6.07, 6.45) is 4.82. The average Bonchev–Trinajstić information content (AvgIpc) is 2.73. The van der Waals surface area contributed by atoms with E-state index in [-0.39, 0.29) is 29.6 Å². The van der Waals surface area contributed by atoms with Gasteiger partial charge in [0.25, 0.3) is 0 Å². The van der Waals surface area contributed by atoms with Gasteiger partial charge in [0.2, 0.25) is 11.7 Å². The Bertz CT molecular complexity index is 891. The van der Waals surface area contributed by atoms with Crippen molar-refractivity contribution < 1.29 is 9.18 Å². The smallest absolute Gasteiger partial charge is 0.245 e. The number of hydrogen-bond donors (Lipinski definition) is 2. The van der Waals surface area contributed by atoms with Crippen molar-refractivity contribution >= 4 is 23.2 Å². The van der Waals surface area contributed by atoms with E-state index >= 15 is 0 Å². The number of carbonyl (C=O) groups is 1. The number of rotatable bonds is 4. The van der Waals surface area contributed by atoms with Crippen molar-refractivity contribution in [3.8, 4) is 0 Å². The van der Waals surface area contributed by atoms with Gasteiger partial charge in [-0.05, 0) is 44.2 Å². The fraction of sp³-hybridized carbons (Fsp3) is 0.476. The Hall–Kier alpha value is -2.90. The monoisotopic (exact) mass is 398 g/mol. The minimum Gasteiger partial charge on any atom is -0.381 e. The van der Waals surface area contributed by atoms with Crippen LogP contribution in [0.1, 0.15) is 31.2 Å². The fourth-order valence-electron chi connectivity index (χ4n) is 4.31. The molecule has 7 nitrogen and oxygen atoms in total. The topological polar surface area (TPSA) is 87.4 Å². The summed E-state index contributed by atoms with van der Waals surface area (Å²) in [6.45, 7) is 4.01. The molecule has 3 N–H and O–H groups in total. The molecule has 4 rings (SSSR count). The van der Waals surface area contributed by atoms with Crippen LogP contribution in [0.2, 0.25) is 0 Å². The molecule has 8 heteroatoms. The first-order valence-electron chi connectivity index (χ1n) is 10.2. The third-order valence-corrected chi connectivity index (χ3v) is 5.88. The molecule has 154 valence electrons. The van der Waals surface area contributed by atoms with Gasteiger partial charge >= 0.3 is 0 Å². The zero-order valence-corrected chi connectivity index (χ0v) is 16.6. The number of carbonyl (C=O) groups excluding carboxylic acids is 1. The summed E-state index contributed by atoms with van der Waals surface area (Å²) >= 11 is 0. The number of nitrogen functional groups attached to an aromatic ring is 1. The SMILES string of the molecule is Cc1ccccc1NC1CCCN([C@@H]2CCCN(c3ncnc(N)c3F)C2)C1=O. The Morgan fingerprint density at radius 2 is 1.97 bits per heavy atom. The van der Waals surface area contributed by atoms with Gasteiger partial charge in [0.05, 0.1) is 0 Å². The summed E-state index contributed by atoms with van der Waals surface area (Å²) in [6, 6.07) is 7.81. The summed E-state index contributed by atoms with van der Waals surface area (Å²) in [7, 11) is 0. The molecule has 2 aliphatic heterocycles. The molecule has 2 aliphatic rings. The fourth-order valence-corrected chi connectivity index (χ4v) is 4.31. The highest BCUT2D eigenvalue weighted by Gasteiger charge is 2.36. The number of anilines is 3. The van der Waals surface area contributed by atoms with E-state index < -0.39 is 5.82 Å². The van der Waals surface area contributed by atoms with Crippen LogP contribution in [0, 0.1) is 12.7 Å². The lowest BCUT2D eigenvalue weighted by Gasteiger charge is -2.43. The maximum Gasteiger partial charge on any atom is 0.245 e. The van der Waals surface area contributed by atoms with Crippen LogP contribution in [-0.2, 0) is 4.79 Å². The second-order valence-corrected chi connectivity index (χ2v) is 7.82. The third-order valence-electron chi connectivity index (χ3n) is 5.88. The number of amides is 1. The average molecular weight is 398 g/mol. The van der Waals surface area contributed by atoms with Crippen molar-refractivity contribution in [2.45, 2.75) is 44.7 Å². The summed E-state index contributed by atoms with van der Waals surface area (Å²) in [4.78, 5) is 24.9. The third kappa shape index (κ3) is 3.97. The van der Waals surface area contributed by atoms with Crippen molar-refractivity contribution in [3.63, 3.8) is 0 Å². The van der Waals surface area contributed by atoms with E-state index in [1.54, 1.807) is 0 Å². The number of aryl methyl sites for hydroxylation is 1. The molecule has 0 radical (unpaired) electrons. The first kappa shape index (κ1) is 19.4. The Kier molecular flexibility index (Phi) is 5.51. The van der Waals surface area contributed by atoms with Crippen LogP contribution in [0.3, 0.4) is 0 Å². The number of nitrogens with zero attached hydrogens (tertiary/aromatic N) is 4. The van der Waals surface area contributed by atoms with Crippen LogP contribution in [0.5, 0.6) is 0 Å². The Balaban J connectivity index is 1.48. The van der Waals surface area contributed by atoms with Crippen LogP contribution in [0.4, 0.5) is 21.7 Å². The molecule has 2 fully saturated rings. The van der Waals surface area contributed by atoms with E-state index in [1.165, 1.54) is 6.33 Å². The summed E-state index contributed by atoms with van der Waals surface area (Å²) in [5.41, 5.74) is 7.72. The van der Waals surface area contributed by atoms with Crippen molar-refractivity contribution in [1.29, 1.82) is 0 Å². The number of aromatic nitrogens is 2. The van der Waals surface area contributed by atoms with E-state index in [0.29, 0.717) is 13.1 Å². The minimum absolute atomic E-state index is 0.0355.